The van der Waals surface area contributed by atoms with Gasteiger partial charge in [-0.1, -0.05) is 43.3 Å². The predicted octanol–water partition coefficient (Wildman–Crippen LogP) is 5.41. The first-order chi connectivity index (χ1) is 14.0. The molecule has 0 radical (unpaired) electrons. The van der Waals surface area contributed by atoms with Crippen LogP contribution in [0.15, 0.2) is 48.5 Å². The van der Waals surface area contributed by atoms with Crippen LogP contribution in [0.2, 0.25) is 0 Å². The van der Waals surface area contributed by atoms with E-state index in [-0.39, 0.29) is 11.7 Å². The first-order valence-electron chi connectivity index (χ1n) is 9.69. The van der Waals surface area contributed by atoms with Crippen molar-refractivity contribution in [1.29, 1.82) is 0 Å². The van der Waals surface area contributed by atoms with Crippen molar-refractivity contribution < 1.29 is 9.18 Å². The maximum Gasteiger partial charge on any atom is 0.230 e. The van der Waals surface area contributed by atoms with Crippen LogP contribution in [0, 0.1) is 12.7 Å². The summed E-state index contributed by atoms with van der Waals surface area (Å²) in [5, 5.41) is 3.95. The molecule has 1 aromatic heterocycles. The van der Waals surface area contributed by atoms with E-state index in [2.05, 4.69) is 36.5 Å². The lowest BCUT2D eigenvalue weighted by Crippen LogP contribution is -2.27. The van der Waals surface area contributed by atoms with Gasteiger partial charge in [-0.3, -0.25) is 4.79 Å². The second-order valence-corrected chi connectivity index (χ2v) is 8.87. The number of thiazole rings is 1. The van der Waals surface area contributed by atoms with Crippen LogP contribution in [0.3, 0.4) is 0 Å². The second kappa shape index (κ2) is 10.6. The van der Waals surface area contributed by atoms with E-state index in [1.54, 1.807) is 35.2 Å². The molecule has 3 rings (SSSR count). The highest BCUT2D eigenvalue weighted by molar-refractivity contribution is 7.99. The van der Waals surface area contributed by atoms with Crippen molar-refractivity contribution in [2.45, 2.75) is 32.4 Å². The standard InChI is InChI=1S/C23H25FN2OS2/c1-3-17-4-8-19(9-5-17)23-26-16(2)21(29-23)14-28-15-22(27)25-13-12-18-6-10-20(24)11-7-18/h4-11H,3,12-15H2,1-2H3,(H,25,27). The van der Waals surface area contributed by atoms with E-state index in [4.69, 9.17) is 4.98 Å². The molecule has 0 aliphatic rings. The van der Waals surface area contributed by atoms with Gasteiger partial charge in [-0.15, -0.1) is 23.1 Å². The van der Waals surface area contributed by atoms with E-state index in [1.165, 1.54) is 22.6 Å². The third-order valence-corrected chi connectivity index (χ3v) is 6.97. The molecule has 0 aliphatic heterocycles. The summed E-state index contributed by atoms with van der Waals surface area (Å²) in [5.74, 6) is 0.978. The van der Waals surface area contributed by atoms with Gasteiger partial charge >= 0.3 is 0 Å². The van der Waals surface area contributed by atoms with Gasteiger partial charge in [0.15, 0.2) is 0 Å². The lowest BCUT2D eigenvalue weighted by atomic mass is 10.1. The number of rotatable bonds is 9. The molecule has 3 nitrogen and oxygen atoms in total. The molecular formula is C23H25FN2OS2. The molecule has 6 heteroatoms. The number of nitrogens with one attached hydrogen (secondary N) is 1. The van der Waals surface area contributed by atoms with Crippen molar-refractivity contribution in [2.75, 3.05) is 12.3 Å². The van der Waals surface area contributed by atoms with Crippen molar-refractivity contribution >= 4 is 29.0 Å². The molecule has 2 aromatic carbocycles. The SMILES string of the molecule is CCc1ccc(-c2nc(C)c(CSCC(=O)NCCc3ccc(F)cc3)s2)cc1. The Morgan fingerprint density at radius 1 is 1.10 bits per heavy atom. The number of thioether (sulfide) groups is 1. The van der Waals surface area contributed by atoms with E-state index < -0.39 is 0 Å². The van der Waals surface area contributed by atoms with Crippen LogP contribution < -0.4 is 5.32 Å². The molecule has 0 spiro atoms. The molecule has 0 unspecified atom stereocenters. The Hall–Kier alpha value is -2.18. The molecule has 0 saturated heterocycles. The number of nitrogens with zero attached hydrogens (tertiary/aromatic N) is 1. The molecule has 0 fully saturated rings. The minimum absolute atomic E-state index is 0.0228. The zero-order valence-corrected chi connectivity index (χ0v) is 18.3. The van der Waals surface area contributed by atoms with Crippen molar-refractivity contribution in [3.05, 3.63) is 76.0 Å². The van der Waals surface area contributed by atoms with Crippen LogP contribution >= 0.6 is 23.1 Å². The van der Waals surface area contributed by atoms with Gasteiger partial charge in [-0.05, 0) is 43.0 Å². The average Bonchev–Trinajstić information content (AvgIpc) is 3.10. The summed E-state index contributed by atoms with van der Waals surface area (Å²) < 4.78 is 12.9. The van der Waals surface area contributed by atoms with Crippen molar-refractivity contribution in [1.82, 2.24) is 10.3 Å². The van der Waals surface area contributed by atoms with Gasteiger partial charge in [-0.25, -0.2) is 9.37 Å². The Bertz CT molecular complexity index is 937. The van der Waals surface area contributed by atoms with Crippen molar-refractivity contribution in [3.63, 3.8) is 0 Å². The Morgan fingerprint density at radius 3 is 2.48 bits per heavy atom. The minimum atomic E-state index is -0.242. The van der Waals surface area contributed by atoms with E-state index >= 15 is 0 Å². The first kappa shape index (κ1) is 21.5. The van der Waals surface area contributed by atoms with Crippen molar-refractivity contribution in [3.8, 4) is 10.6 Å². The Kier molecular flexibility index (Phi) is 7.83. The summed E-state index contributed by atoms with van der Waals surface area (Å²) in [6.45, 7) is 4.73. The highest BCUT2D eigenvalue weighted by atomic mass is 32.2. The summed E-state index contributed by atoms with van der Waals surface area (Å²) in [7, 11) is 0. The quantitative estimate of drug-likeness (QED) is 0.495. The number of benzene rings is 2. The maximum absolute atomic E-state index is 12.9. The lowest BCUT2D eigenvalue weighted by Gasteiger charge is -2.05. The first-order valence-corrected chi connectivity index (χ1v) is 11.7. The molecule has 0 saturated carbocycles. The largest absolute Gasteiger partial charge is 0.355 e. The van der Waals surface area contributed by atoms with Crippen LogP contribution in [0.1, 0.15) is 28.6 Å². The van der Waals surface area contributed by atoms with E-state index in [0.717, 1.165) is 34.0 Å². The zero-order chi connectivity index (χ0) is 20.6. The van der Waals surface area contributed by atoms with Gasteiger partial charge in [0.25, 0.3) is 0 Å². The van der Waals surface area contributed by atoms with E-state index in [1.807, 2.05) is 6.92 Å². The molecule has 0 aliphatic carbocycles. The summed E-state index contributed by atoms with van der Waals surface area (Å²) in [4.78, 5) is 18.0. The van der Waals surface area contributed by atoms with Gasteiger partial charge in [-0.2, -0.15) is 0 Å². The number of aromatic nitrogens is 1. The van der Waals surface area contributed by atoms with Crippen LogP contribution in [0.25, 0.3) is 10.6 Å². The number of carbonyl (C=O) groups excluding carboxylic acids is 1. The third-order valence-electron chi connectivity index (χ3n) is 4.62. The maximum atomic E-state index is 12.9. The van der Waals surface area contributed by atoms with Gasteiger partial charge in [0.05, 0.1) is 11.4 Å². The highest BCUT2D eigenvalue weighted by Crippen LogP contribution is 2.30. The highest BCUT2D eigenvalue weighted by Gasteiger charge is 2.11. The summed E-state index contributed by atoms with van der Waals surface area (Å²) in [6.07, 6.45) is 1.73. The number of hydrogen-bond donors (Lipinski definition) is 1. The van der Waals surface area contributed by atoms with Gasteiger partial charge < -0.3 is 5.32 Å². The molecule has 0 atom stereocenters. The summed E-state index contributed by atoms with van der Waals surface area (Å²) >= 11 is 3.30. The Labute approximate surface area is 179 Å². The van der Waals surface area contributed by atoms with Crippen molar-refractivity contribution in [2.24, 2.45) is 0 Å². The molecule has 3 aromatic rings. The summed E-state index contributed by atoms with van der Waals surface area (Å²) in [6, 6.07) is 14.9. The molecule has 0 bridgehead atoms. The fourth-order valence-electron chi connectivity index (χ4n) is 2.85. The average molecular weight is 429 g/mol. The van der Waals surface area contributed by atoms with Gasteiger partial charge in [0.2, 0.25) is 5.91 Å². The number of amides is 1. The number of aryl methyl sites for hydroxylation is 2. The van der Waals surface area contributed by atoms with Crippen LogP contribution in [0.5, 0.6) is 0 Å². The van der Waals surface area contributed by atoms with Crippen LogP contribution in [-0.2, 0) is 23.4 Å². The van der Waals surface area contributed by atoms with E-state index in [9.17, 15) is 9.18 Å². The van der Waals surface area contributed by atoms with Crippen LogP contribution in [0.4, 0.5) is 4.39 Å². The van der Waals surface area contributed by atoms with Gasteiger partial charge in [0.1, 0.15) is 10.8 Å². The van der Waals surface area contributed by atoms with Crippen LogP contribution in [-0.4, -0.2) is 23.2 Å². The Balaban J connectivity index is 1.43. The van der Waals surface area contributed by atoms with Gasteiger partial charge in [0, 0.05) is 22.7 Å². The molecule has 1 amide bonds. The number of hydrogen-bond acceptors (Lipinski definition) is 4. The topological polar surface area (TPSA) is 42.0 Å². The monoisotopic (exact) mass is 428 g/mol. The number of halogens is 1. The molecule has 1 heterocycles. The minimum Gasteiger partial charge on any atom is -0.355 e. The van der Waals surface area contributed by atoms with E-state index in [0.29, 0.717) is 18.7 Å². The Morgan fingerprint density at radius 2 is 1.79 bits per heavy atom. The molecule has 29 heavy (non-hydrogen) atoms. The fourth-order valence-corrected chi connectivity index (χ4v) is 4.99. The second-order valence-electron chi connectivity index (χ2n) is 6.80. The lowest BCUT2D eigenvalue weighted by molar-refractivity contribution is -0.118. The third kappa shape index (κ3) is 6.41. The summed E-state index contributed by atoms with van der Waals surface area (Å²) in [5.41, 5.74) is 4.52. The normalized spacial score (nSPS) is 10.9. The molecular weight excluding hydrogens is 403 g/mol. The number of carbonyl (C=O) groups is 1. The molecule has 152 valence electrons. The fraction of sp³-hybridized carbons (Fsp3) is 0.304. The molecule has 1 N–H and O–H groups in total. The zero-order valence-electron chi connectivity index (χ0n) is 16.7. The smallest absolute Gasteiger partial charge is 0.230 e. The predicted molar refractivity (Wildman–Crippen MR) is 121 cm³/mol.